The lowest BCUT2D eigenvalue weighted by Gasteiger charge is -2.05. The number of aryl methyl sites for hydroxylation is 1. The highest BCUT2D eigenvalue weighted by Gasteiger charge is 2.27. The van der Waals surface area contributed by atoms with Crippen LogP contribution in [0.25, 0.3) is 11.3 Å². The van der Waals surface area contributed by atoms with Crippen molar-refractivity contribution in [2.24, 2.45) is 0 Å². The topological polar surface area (TPSA) is 64.7 Å². The highest BCUT2D eigenvalue weighted by Crippen LogP contribution is 2.38. The molecule has 2 aromatic rings. The fraction of sp³-hybridized carbons (Fsp3) is 0.308. The Bertz CT molecular complexity index is 544. The summed E-state index contributed by atoms with van der Waals surface area (Å²) in [5, 5.41) is 0. The molecule has 0 spiro atoms. The third kappa shape index (κ3) is 2.11. The summed E-state index contributed by atoms with van der Waals surface area (Å²) in [5.74, 6) is 1.92. The quantitative estimate of drug-likeness (QED) is 0.853. The van der Waals surface area contributed by atoms with Crippen LogP contribution in [0.1, 0.15) is 30.3 Å². The van der Waals surface area contributed by atoms with E-state index in [2.05, 4.69) is 15.0 Å². The summed E-state index contributed by atoms with van der Waals surface area (Å²) in [4.78, 5) is 13.1. The molecule has 0 unspecified atom stereocenters. The predicted molar refractivity (Wildman–Crippen MR) is 66.4 cm³/mol. The third-order valence-corrected chi connectivity index (χ3v) is 2.91. The number of nitrogen functional groups attached to an aromatic ring is 1. The van der Waals surface area contributed by atoms with Gasteiger partial charge in [-0.2, -0.15) is 0 Å². The smallest absolute Gasteiger partial charge is 0.134 e. The van der Waals surface area contributed by atoms with Crippen molar-refractivity contribution in [1.82, 2.24) is 15.0 Å². The van der Waals surface area contributed by atoms with Gasteiger partial charge in [-0.3, -0.25) is 4.98 Å². The molecule has 1 fully saturated rings. The van der Waals surface area contributed by atoms with Gasteiger partial charge in [-0.1, -0.05) is 0 Å². The molecule has 4 nitrogen and oxygen atoms in total. The second kappa shape index (κ2) is 3.80. The maximum atomic E-state index is 5.82. The molecule has 0 bridgehead atoms. The molecule has 86 valence electrons. The molecular weight excluding hydrogens is 212 g/mol. The molecule has 2 aromatic heterocycles. The van der Waals surface area contributed by atoms with E-state index in [4.69, 9.17) is 5.73 Å². The van der Waals surface area contributed by atoms with Gasteiger partial charge in [-0.15, -0.1) is 0 Å². The zero-order valence-corrected chi connectivity index (χ0v) is 9.72. The number of rotatable bonds is 2. The molecule has 1 aliphatic carbocycles. The molecule has 0 atom stereocenters. The highest BCUT2D eigenvalue weighted by molar-refractivity contribution is 5.61. The summed E-state index contributed by atoms with van der Waals surface area (Å²) < 4.78 is 0. The van der Waals surface area contributed by atoms with Crippen LogP contribution in [-0.4, -0.2) is 15.0 Å². The van der Waals surface area contributed by atoms with Crippen LogP contribution in [0.4, 0.5) is 5.82 Å². The second-order valence-corrected chi connectivity index (χ2v) is 4.50. The number of anilines is 1. The molecule has 4 heteroatoms. The Labute approximate surface area is 99.9 Å². The van der Waals surface area contributed by atoms with Crippen LogP contribution < -0.4 is 5.73 Å². The van der Waals surface area contributed by atoms with Crippen molar-refractivity contribution in [1.29, 1.82) is 0 Å². The molecule has 0 aromatic carbocycles. The number of hydrogen-bond acceptors (Lipinski definition) is 4. The minimum absolute atomic E-state index is 0.510. The maximum Gasteiger partial charge on any atom is 0.134 e. The molecular formula is C13H14N4. The van der Waals surface area contributed by atoms with E-state index in [1.54, 1.807) is 6.07 Å². The predicted octanol–water partition coefficient (Wildman–Crippen LogP) is 2.31. The Morgan fingerprint density at radius 2 is 2.06 bits per heavy atom. The van der Waals surface area contributed by atoms with E-state index >= 15 is 0 Å². The average Bonchev–Trinajstić information content (AvgIpc) is 3.13. The van der Waals surface area contributed by atoms with Crippen LogP contribution in [0.5, 0.6) is 0 Å². The van der Waals surface area contributed by atoms with Crippen molar-refractivity contribution < 1.29 is 0 Å². The fourth-order valence-corrected chi connectivity index (χ4v) is 1.78. The summed E-state index contributed by atoms with van der Waals surface area (Å²) >= 11 is 0. The first kappa shape index (κ1) is 10.2. The molecule has 2 heterocycles. The van der Waals surface area contributed by atoms with Gasteiger partial charge < -0.3 is 5.73 Å². The molecule has 2 N–H and O–H groups in total. The van der Waals surface area contributed by atoms with Gasteiger partial charge in [-0.25, -0.2) is 9.97 Å². The van der Waals surface area contributed by atoms with E-state index in [9.17, 15) is 0 Å². The van der Waals surface area contributed by atoms with E-state index in [0.29, 0.717) is 11.7 Å². The largest absolute Gasteiger partial charge is 0.384 e. The Hall–Kier alpha value is -1.97. The number of pyridine rings is 1. The monoisotopic (exact) mass is 226 g/mol. The van der Waals surface area contributed by atoms with Crippen LogP contribution >= 0.6 is 0 Å². The van der Waals surface area contributed by atoms with Gasteiger partial charge in [0, 0.05) is 29.4 Å². The number of aromatic nitrogens is 3. The van der Waals surface area contributed by atoms with Gasteiger partial charge >= 0.3 is 0 Å². The Morgan fingerprint density at radius 3 is 2.71 bits per heavy atom. The molecule has 0 radical (unpaired) electrons. The molecule has 3 rings (SSSR count). The van der Waals surface area contributed by atoms with E-state index in [1.807, 2.05) is 25.3 Å². The van der Waals surface area contributed by atoms with Crippen molar-refractivity contribution in [2.75, 3.05) is 5.73 Å². The van der Waals surface area contributed by atoms with Crippen molar-refractivity contribution in [3.8, 4) is 11.3 Å². The van der Waals surface area contributed by atoms with Crippen molar-refractivity contribution in [3.05, 3.63) is 35.9 Å². The minimum Gasteiger partial charge on any atom is -0.384 e. The standard InChI is InChI=1S/C13H14N4/c1-8-2-3-10(7-15-8)11-6-12(14)17-13(16-11)9-4-5-9/h2-3,6-7,9H,4-5H2,1H3,(H2,14,16,17). The van der Waals surface area contributed by atoms with Crippen molar-refractivity contribution in [2.45, 2.75) is 25.7 Å². The lowest BCUT2D eigenvalue weighted by atomic mass is 10.2. The summed E-state index contributed by atoms with van der Waals surface area (Å²) in [5.41, 5.74) is 8.68. The normalized spacial score (nSPS) is 14.9. The molecule has 17 heavy (non-hydrogen) atoms. The first-order chi connectivity index (χ1) is 8.22. The lowest BCUT2D eigenvalue weighted by molar-refractivity contribution is 0.935. The summed E-state index contributed by atoms with van der Waals surface area (Å²) in [6, 6.07) is 5.80. The zero-order valence-electron chi connectivity index (χ0n) is 9.72. The maximum absolute atomic E-state index is 5.82. The van der Waals surface area contributed by atoms with Crippen LogP contribution in [0.15, 0.2) is 24.4 Å². The van der Waals surface area contributed by atoms with Gasteiger partial charge in [0.05, 0.1) is 5.69 Å². The van der Waals surface area contributed by atoms with Gasteiger partial charge in [0.1, 0.15) is 11.6 Å². The van der Waals surface area contributed by atoms with E-state index in [-0.39, 0.29) is 0 Å². The van der Waals surface area contributed by atoms with Gasteiger partial charge in [0.25, 0.3) is 0 Å². The number of hydrogen-bond donors (Lipinski definition) is 1. The molecule has 0 amide bonds. The van der Waals surface area contributed by atoms with E-state index in [1.165, 1.54) is 12.8 Å². The highest BCUT2D eigenvalue weighted by atomic mass is 15.0. The summed E-state index contributed by atoms with van der Waals surface area (Å²) in [6.07, 6.45) is 4.18. The van der Waals surface area contributed by atoms with E-state index in [0.717, 1.165) is 22.8 Å². The first-order valence-electron chi connectivity index (χ1n) is 5.80. The average molecular weight is 226 g/mol. The van der Waals surface area contributed by atoms with Crippen LogP contribution in [0.2, 0.25) is 0 Å². The Kier molecular flexibility index (Phi) is 2.28. The first-order valence-corrected chi connectivity index (χ1v) is 5.80. The summed E-state index contributed by atoms with van der Waals surface area (Å²) in [7, 11) is 0. The third-order valence-electron chi connectivity index (χ3n) is 2.91. The second-order valence-electron chi connectivity index (χ2n) is 4.50. The van der Waals surface area contributed by atoms with E-state index < -0.39 is 0 Å². The van der Waals surface area contributed by atoms with Gasteiger partial charge in [-0.05, 0) is 31.9 Å². The Morgan fingerprint density at radius 1 is 1.24 bits per heavy atom. The SMILES string of the molecule is Cc1ccc(-c2cc(N)nc(C3CC3)n2)cn1. The van der Waals surface area contributed by atoms with Crippen molar-refractivity contribution in [3.63, 3.8) is 0 Å². The lowest BCUT2D eigenvalue weighted by Crippen LogP contribution is -2.00. The van der Waals surface area contributed by atoms with Crippen molar-refractivity contribution >= 4 is 5.82 Å². The van der Waals surface area contributed by atoms with Gasteiger partial charge in [0.15, 0.2) is 0 Å². The van der Waals surface area contributed by atoms with Crippen LogP contribution in [0.3, 0.4) is 0 Å². The molecule has 1 aliphatic rings. The van der Waals surface area contributed by atoms with Gasteiger partial charge in [0.2, 0.25) is 0 Å². The zero-order chi connectivity index (χ0) is 11.8. The van der Waals surface area contributed by atoms with Crippen LogP contribution in [0, 0.1) is 6.92 Å². The number of nitrogens with two attached hydrogens (primary N) is 1. The molecule has 0 aliphatic heterocycles. The summed E-state index contributed by atoms with van der Waals surface area (Å²) in [6.45, 7) is 1.97. The van der Waals surface area contributed by atoms with Crippen LogP contribution in [-0.2, 0) is 0 Å². The Balaban J connectivity index is 2.04. The number of nitrogens with zero attached hydrogens (tertiary/aromatic N) is 3. The minimum atomic E-state index is 0.510. The molecule has 0 saturated heterocycles. The molecule has 1 saturated carbocycles. The fourth-order valence-electron chi connectivity index (χ4n) is 1.78.